The lowest BCUT2D eigenvalue weighted by Gasteiger charge is -2.00. The van der Waals surface area contributed by atoms with Crippen molar-refractivity contribution in [1.29, 1.82) is 5.26 Å². The van der Waals surface area contributed by atoms with Crippen LogP contribution in [0.2, 0.25) is 0 Å². The predicted molar refractivity (Wildman–Crippen MR) is 58.5 cm³/mol. The third-order valence-corrected chi connectivity index (χ3v) is 2.13. The van der Waals surface area contributed by atoms with E-state index in [4.69, 9.17) is 11.0 Å². The van der Waals surface area contributed by atoms with Crippen molar-refractivity contribution in [3.63, 3.8) is 0 Å². The minimum Gasteiger partial charge on any atom is -0.327 e. The largest absolute Gasteiger partial charge is 0.327 e. The van der Waals surface area contributed by atoms with Crippen molar-refractivity contribution in [3.05, 3.63) is 41.0 Å². The van der Waals surface area contributed by atoms with E-state index in [0.29, 0.717) is 12.1 Å². The van der Waals surface area contributed by atoms with Crippen molar-refractivity contribution in [1.82, 2.24) is 0 Å². The molecule has 0 aromatic heterocycles. The minimum absolute atomic E-state index is 0.594. The van der Waals surface area contributed by atoms with Gasteiger partial charge in [-0.25, -0.2) is 0 Å². The van der Waals surface area contributed by atoms with Crippen LogP contribution < -0.4 is 5.73 Å². The minimum atomic E-state index is 0.594. The van der Waals surface area contributed by atoms with Crippen LogP contribution in [0.3, 0.4) is 0 Å². The summed E-state index contributed by atoms with van der Waals surface area (Å²) in [5.41, 5.74) is 8.57. The van der Waals surface area contributed by atoms with Gasteiger partial charge in [0, 0.05) is 6.54 Å². The molecule has 72 valence electrons. The Morgan fingerprint density at radius 2 is 2.07 bits per heavy atom. The molecule has 0 amide bonds. The van der Waals surface area contributed by atoms with E-state index < -0.39 is 0 Å². The van der Waals surface area contributed by atoms with Gasteiger partial charge in [0.2, 0.25) is 0 Å². The first-order chi connectivity index (χ1) is 6.80. The molecule has 0 spiro atoms. The van der Waals surface area contributed by atoms with Gasteiger partial charge in [-0.1, -0.05) is 30.7 Å². The van der Waals surface area contributed by atoms with Gasteiger partial charge >= 0.3 is 0 Å². The van der Waals surface area contributed by atoms with Crippen LogP contribution in [0.15, 0.2) is 29.8 Å². The molecule has 0 aliphatic heterocycles. The van der Waals surface area contributed by atoms with Crippen LogP contribution >= 0.6 is 0 Å². The number of benzene rings is 1. The Bertz CT molecular complexity index is 349. The van der Waals surface area contributed by atoms with Gasteiger partial charge < -0.3 is 5.73 Å². The zero-order valence-electron chi connectivity index (χ0n) is 8.33. The quantitative estimate of drug-likeness (QED) is 0.787. The fraction of sp³-hybridized carbons (Fsp3) is 0.250. The number of nitriles is 1. The molecule has 2 heteroatoms. The normalized spacial score (nSPS) is 11.1. The van der Waals surface area contributed by atoms with Crippen molar-refractivity contribution in [2.45, 2.75) is 13.3 Å². The summed E-state index contributed by atoms with van der Waals surface area (Å²) in [4.78, 5) is 0. The molecule has 0 heterocycles. The molecule has 0 aliphatic rings. The molecule has 2 N–H and O–H groups in total. The van der Waals surface area contributed by atoms with Gasteiger partial charge in [0.1, 0.15) is 0 Å². The van der Waals surface area contributed by atoms with Crippen LogP contribution in [0.1, 0.15) is 24.5 Å². The zero-order chi connectivity index (χ0) is 10.4. The Morgan fingerprint density at radius 1 is 1.43 bits per heavy atom. The summed E-state index contributed by atoms with van der Waals surface area (Å²) in [6, 6.07) is 9.59. The molecule has 0 atom stereocenters. The zero-order valence-corrected chi connectivity index (χ0v) is 8.33. The lowest BCUT2D eigenvalue weighted by atomic mass is 10.1. The van der Waals surface area contributed by atoms with Crippen molar-refractivity contribution < 1.29 is 0 Å². The van der Waals surface area contributed by atoms with Gasteiger partial charge in [0.05, 0.1) is 11.6 Å². The Kier molecular flexibility index (Phi) is 3.90. The molecule has 14 heavy (non-hydrogen) atoms. The summed E-state index contributed by atoms with van der Waals surface area (Å²) < 4.78 is 0. The van der Waals surface area contributed by atoms with Crippen LogP contribution in [-0.4, -0.2) is 6.54 Å². The smallest absolute Gasteiger partial charge is 0.0991 e. The molecule has 0 saturated heterocycles. The molecule has 1 aromatic rings. The summed E-state index contributed by atoms with van der Waals surface area (Å²) in [7, 11) is 0. The van der Waals surface area contributed by atoms with E-state index in [9.17, 15) is 0 Å². The van der Waals surface area contributed by atoms with E-state index in [0.717, 1.165) is 12.0 Å². The maximum Gasteiger partial charge on any atom is 0.0991 e. The molecular formula is C12H14N2. The number of hydrogen-bond acceptors (Lipinski definition) is 2. The molecule has 1 aromatic carbocycles. The molecule has 0 aliphatic carbocycles. The van der Waals surface area contributed by atoms with Gasteiger partial charge in [0.15, 0.2) is 0 Å². The molecule has 1 rings (SSSR count). The maximum atomic E-state index is 8.62. The van der Waals surface area contributed by atoms with E-state index in [2.05, 4.69) is 19.1 Å². The van der Waals surface area contributed by atoms with Crippen LogP contribution in [0.4, 0.5) is 0 Å². The second-order valence-electron chi connectivity index (χ2n) is 3.09. The van der Waals surface area contributed by atoms with E-state index in [1.165, 1.54) is 5.57 Å². The monoisotopic (exact) mass is 186 g/mol. The van der Waals surface area contributed by atoms with E-state index in [-0.39, 0.29) is 0 Å². The molecule has 0 bridgehead atoms. The Labute approximate surface area is 84.7 Å². The third kappa shape index (κ3) is 2.72. The summed E-state index contributed by atoms with van der Waals surface area (Å²) in [6.45, 7) is 2.68. The highest BCUT2D eigenvalue weighted by atomic mass is 14.5. The number of nitrogens with two attached hydrogens (primary N) is 1. The second kappa shape index (κ2) is 5.21. The lowest BCUT2D eigenvalue weighted by Crippen LogP contribution is -2.01. The van der Waals surface area contributed by atoms with Crippen LogP contribution in [0.25, 0.3) is 6.08 Å². The first-order valence-corrected chi connectivity index (χ1v) is 4.69. The highest BCUT2D eigenvalue weighted by Crippen LogP contribution is 2.09. The standard InChI is InChI=1S/C12H14N2/c1-2-10(8-13)7-11-3-5-12(9-14)6-4-11/h3-7H,2,8,13H2,1H3. The fourth-order valence-corrected chi connectivity index (χ4v) is 1.19. The number of hydrogen-bond donors (Lipinski definition) is 1. The van der Waals surface area contributed by atoms with Crippen LogP contribution in [-0.2, 0) is 0 Å². The SMILES string of the molecule is CCC(=Cc1ccc(C#N)cc1)CN. The van der Waals surface area contributed by atoms with Gasteiger partial charge in [-0.15, -0.1) is 0 Å². The van der Waals surface area contributed by atoms with Crippen molar-refractivity contribution in [2.75, 3.05) is 6.54 Å². The fourth-order valence-electron chi connectivity index (χ4n) is 1.19. The maximum absolute atomic E-state index is 8.62. The third-order valence-electron chi connectivity index (χ3n) is 2.13. The van der Waals surface area contributed by atoms with Gasteiger partial charge in [-0.2, -0.15) is 5.26 Å². The first kappa shape index (κ1) is 10.5. The average molecular weight is 186 g/mol. The van der Waals surface area contributed by atoms with E-state index in [1.54, 1.807) is 0 Å². The predicted octanol–water partition coefficient (Wildman–Crippen LogP) is 2.31. The summed E-state index contributed by atoms with van der Waals surface area (Å²) in [5.74, 6) is 0. The first-order valence-electron chi connectivity index (χ1n) is 4.69. The molecule has 0 saturated carbocycles. The van der Waals surface area contributed by atoms with Crippen molar-refractivity contribution in [2.24, 2.45) is 5.73 Å². The molecule has 0 fully saturated rings. The van der Waals surface area contributed by atoms with Crippen LogP contribution in [0.5, 0.6) is 0 Å². The highest BCUT2D eigenvalue weighted by Gasteiger charge is 1.93. The summed E-state index contributed by atoms with van der Waals surface area (Å²) in [6.07, 6.45) is 3.04. The molecule has 0 unspecified atom stereocenters. The Hall–Kier alpha value is -1.59. The van der Waals surface area contributed by atoms with Gasteiger partial charge in [0.25, 0.3) is 0 Å². The van der Waals surface area contributed by atoms with Crippen molar-refractivity contribution >= 4 is 6.08 Å². The van der Waals surface area contributed by atoms with Crippen LogP contribution in [0, 0.1) is 11.3 Å². The number of nitrogens with zero attached hydrogens (tertiary/aromatic N) is 1. The molecule has 2 nitrogen and oxygen atoms in total. The summed E-state index contributed by atoms with van der Waals surface area (Å²) in [5, 5.41) is 8.62. The number of rotatable bonds is 3. The second-order valence-corrected chi connectivity index (χ2v) is 3.09. The topological polar surface area (TPSA) is 49.8 Å². The molecular weight excluding hydrogens is 172 g/mol. The Morgan fingerprint density at radius 3 is 2.50 bits per heavy atom. The average Bonchev–Trinajstić information content (AvgIpc) is 2.26. The lowest BCUT2D eigenvalue weighted by molar-refractivity contribution is 1.02. The molecule has 0 radical (unpaired) electrons. The Balaban J connectivity index is 2.88. The van der Waals surface area contributed by atoms with Gasteiger partial charge in [-0.05, 0) is 24.1 Å². The van der Waals surface area contributed by atoms with Gasteiger partial charge in [-0.3, -0.25) is 0 Å². The van der Waals surface area contributed by atoms with E-state index in [1.807, 2.05) is 24.3 Å². The van der Waals surface area contributed by atoms with Crippen molar-refractivity contribution in [3.8, 4) is 6.07 Å². The summed E-state index contributed by atoms with van der Waals surface area (Å²) >= 11 is 0. The highest BCUT2D eigenvalue weighted by molar-refractivity contribution is 5.54. The van der Waals surface area contributed by atoms with E-state index >= 15 is 0 Å².